The topological polar surface area (TPSA) is 165 Å². The first-order valence-corrected chi connectivity index (χ1v) is 10.1. The minimum Gasteiger partial charge on any atom is -0.463 e. The highest BCUT2D eigenvalue weighted by Crippen LogP contribution is 2.40. The average Bonchev–Trinajstić information content (AvgIpc) is 3.34. The Bertz CT molecular complexity index is 998. The van der Waals surface area contributed by atoms with Crippen LogP contribution >= 0.6 is 0 Å². The highest BCUT2D eigenvalue weighted by atomic mass is 16.6. The normalized spacial score (nSPS) is 33.3. The molecule has 2 aromatic rings. The number of anilines is 1. The molecule has 4 atom stereocenters. The molecule has 0 aromatic carbocycles. The van der Waals surface area contributed by atoms with Crippen LogP contribution in [0.3, 0.4) is 0 Å². The highest BCUT2D eigenvalue weighted by molar-refractivity contribution is 5.72. The molecule has 0 radical (unpaired) electrons. The van der Waals surface area contributed by atoms with Gasteiger partial charge in [0.2, 0.25) is 5.60 Å². The first kappa shape index (κ1) is 21.5. The molecular weight excluding hydrogens is 406 g/mol. The van der Waals surface area contributed by atoms with Gasteiger partial charge in [-0.15, -0.1) is 0 Å². The van der Waals surface area contributed by atoms with Crippen molar-refractivity contribution in [1.29, 1.82) is 5.26 Å². The van der Waals surface area contributed by atoms with Crippen LogP contribution in [0, 0.1) is 17.2 Å². The van der Waals surface area contributed by atoms with E-state index in [-0.39, 0.29) is 36.1 Å². The summed E-state index contributed by atoms with van der Waals surface area (Å²) in [5, 5.41) is 35.2. The maximum atomic E-state index is 12.4. The van der Waals surface area contributed by atoms with E-state index in [9.17, 15) is 20.3 Å². The van der Waals surface area contributed by atoms with E-state index in [1.807, 2.05) is 6.07 Å². The number of esters is 1. The van der Waals surface area contributed by atoms with Gasteiger partial charge in [0.05, 0.1) is 17.7 Å². The molecule has 166 valence electrons. The van der Waals surface area contributed by atoms with Crippen LogP contribution in [0.1, 0.15) is 31.4 Å². The zero-order chi connectivity index (χ0) is 22.2. The summed E-state index contributed by atoms with van der Waals surface area (Å²) in [4.78, 5) is 16.3. The lowest BCUT2D eigenvalue weighted by atomic mass is 9.87. The van der Waals surface area contributed by atoms with Gasteiger partial charge in [0.25, 0.3) is 0 Å². The van der Waals surface area contributed by atoms with E-state index in [2.05, 4.69) is 10.1 Å². The number of aromatic nitrogens is 3. The third kappa shape index (κ3) is 3.61. The van der Waals surface area contributed by atoms with Crippen molar-refractivity contribution in [2.45, 2.75) is 55.7 Å². The van der Waals surface area contributed by atoms with Crippen molar-refractivity contribution in [3.63, 3.8) is 0 Å². The van der Waals surface area contributed by atoms with Gasteiger partial charge in [-0.2, -0.15) is 10.4 Å². The lowest BCUT2D eigenvalue weighted by molar-refractivity contribution is -0.157. The molecule has 2 aliphatic rings. The summed E-state index contributed by atoms with van der Waals surface area (Å²) in [7, 11) is 1.66. The van der Waals surface area contributed by atoms with E-state index in [0.717, 1.165) is 12.8 Å². The summed E-state index contributed by atoms with van der Waals surface area (Å²) in [5.74, 6) is -0.441. The number of nitrogens with two attached hydrogens (primary N) is 1. The molecule has 11 heteroatoms. The van der Waals surface area contributed by atoms with Crippen LogP contribution in [-0.4, -0.2) is 68.9 Å². The Hall–Kier alpha value is -2.78. The predicted octanol–water partition coefficient (Wildman–Crippen LogP) is -0.101. The van der Waals surface area contributed by atoms with Crippen LogP contribution in [0.4, 0.5) is 5.82 Å². The number of rotatable bonds is 5. The molecule has 1 saturated carbocycles. The Balaban J connectivity index is 1.48. The van der Waals surface area contributed by atoms with Crippen molar-refractivity contribution < 1.29 is 29.2 Å². The smallest absolute Gasteiger partial charge is 0.309 e. The maximum Gasteiger partial charge on any atom is 0.309 e. The number of carbonyl (C=O) groups excluding carboxylic acids is 1. The number of aliphatic hydroxyl groups excluding tert-OH is 2. The Morgan fingerprint density at radius 3 is 2.81 bits per heavy atom. The number of hydrogen-bond donors (Lipinski definition) is 3. The minimum atomic E-state index is -1.92. The Labute approximate surface area is 178 Å². The van der Waals surface area contributed by atoms with Gasteiger partial charge in [-0.1, -0.05) is 0 Å². The summed E-state index contributed by atoms with van der Waals surface area (Å²) in [6.07, 6.45) is 0.133. The molecule has 11 nitrogen and oxygen atoms in total. The number of carbonyl (C=O) groups is 1. The van der Waals surface area contributed by atoms with Crippen molar-refractivity contribution in [2.24, 2.45) is 5.92 Å². The lowest BCUT2D eigenvalue weighted by Gasteiger charge is -2.26. The molecule has 2 fully saturated rings. The van der Waals surface area contributed by atoms with Crippen molar-refractivity contribution >= 4 is 17.3 Å². The van der Waals surface area contributed by atoms with E-state index >= 15 is 0 Å². The summed E-state index contributed by atoms with van der Waals surface area (Å²) in [5.41, 5.74) is 4.54. The molecule has 0 spiro atoms. The third-order valence-electron chi connectivity index (χ3n) is 6.22. The van der Waals surface area contributed by atoms with Crippen LogP contribution in [0.15, 0.2) is 18.5 Å². The molecule has 0 amide bonds. The molecule has 2 aromatic heterocycles. The van der Waals surface area contributed by atoms with Crippen molar-refractivity contribution in [3.8, 4) is 6.07 Å². The molecule has 1 aliphatic heterocycles. The number of hydrogen-bond acceptors (Lipinski definition) is 10. The van der Waals surface area contributed by atoms with Crippen LogP contribution in [0.25, 0.3) is 5.52 Å². The number of nitriles is 1. The lowest BCUT2D eigenvalue weighted by Crippen LogP contribution is -2.41. The molecule has 4 N–H and O–H groups in total. The molecule has 3 heterocycles. The fourth-order valence-electron chi connectivity index (χ4n) is 4.37. The van der Waals surface area contributed by atoms with Gasteiger partial charge in [-0.05, 0) is 37.8 Å². The third-order valence-corrected chi connectivity index (χ3v) is 6.22. The number of ether oxygens (including phenoxy) is 3. The van der Waals surface area contributed by atoms with Crippen LogP contribution in [0.2, 0.25) is 0 Å². The quantitative estimate of drug-likeness (QED) is 0.544. The second-order valence-corrected chi connectivity index (χ2v) is 7.94. The summed E-state index contributed by atoms with van der Waals surface area (Å²) in [6, 6.07) is 5.08. The van der Waals surface area contributed by atoms with E-state index in [0.29, 0.717) is 18.4 Å². The van der Waals surface area contributed by atoms with E-state index in [1.165, 1.54) is 16.9 Å². The second-order valence-electron chi connectivity index (χ2n) is 7.94. The molecule has 1 saturated heterocycles. The first-order chi connectivity index (χ1) is 14.9. The fourth-order valence-corrected chi connectivity index (χ4v) is 4.37. The Morgan fingerprint density at radius 2 is 2.13 bits per heavy atom. The van der Waals surface area contributed by atoms with Gasteiger partial charge in [-0.3, -0.25) is 4.79 Å². The van der Waals surface area contributed by atoms with Crippen molar-refractivity contribution in [1.82, 2.24) is 14.6 Å². The van der Waals surface area contributed by atoms with Gasteiger partial charge in [0, 0.05) is 7.11 Å². The molecule has 1 aliphatic carbocycles. The van der Waals surface area contributed by atoms with E-state index < -0.39 is 23.9 Å². The maximum absolute atomic E-state index is 12.4. The summed E-state index contributed by atoms with van der Waals surface area (Å²) in [6.45, 7) is -0.287. The zero-order valence-corrected chi connectivity index (χ0v) is 17.0. The molecule has 31 heavy (non-hydrogen) atoms. The SMILES string of the molecule is COC1CCC(C(=O)OC[C@H]2O[C@@](C#N)(c3ccc4c(N)ncnn34)[C@H](O)[C@@H]2O)CC1. The number of nitrogens with zero attached hydrogens (tertiary/aromatic N) is 4. The monoisotopic (exact) mass is 431 g/mol. The standard InChI is InChI=1S/C20H25N5O6/c1-29-12-4-2-11(3-5-12)19(28)30-8-14-16(26)17(27)20(9-21,31-14)15-7-6-13-18(22)23-10-24-25(13)15/h6-7,10-12,14,16-17,26-27H,2-5,8H2,1H3,(H2,22,23,24)/t11?,12?,14-,16-,17-,20+/m1/s1. The summed E-state index contributed by atoms with van der Waals surface area (Å²) < 4.78 is 17.8. The highest BCUT2D eigenvalue weighted by Gasteiger charge is 2.57. The average molecular weight is 431 g/mol. The van der Waals surface area contributed by atoms with Gasteiger partial charge in [0.1, 0.15) is 42.8 Å². The predicted molar refractivity (Wildman–Crippen MR) is 105 cm³/mol. The van der Waals surface area contributed by atoms with Gasteiger partial charge in [0.15, 0.2) is 5.82 Å². The van der Waals surface area contributed by atoms with Gasteiger partial charge < -0.3 is 30.2 Å². The molecule has 0 unspecified atom stereocenters. The van der Waals surface area contributed by atoms with Crippen molar-refractivity contribution in [2.75, 3.05) is 19.5 Å². The second kappa shape index (κ2) is 8.39. The zero-order valence-electron chi connectivity index (χ0n) is 17.0. The van der Waals surface area contributed by atoms with Crippen molar-refractivity contribution in [3.05, 3.63) is 24.2 Å². The van der Waals surface area contributed by atoms with Crippen LogP contribution < -0.4 is 5.73 Å². The van der Waals surface area contributed by atoms with Gasteiger partial charge in [-0.25, -0.2) is 9.50 Å². The fraction of sp³-hybridized carbons (Fsp3) is 0.600. The van der Waals surface area contributed by atoms with Crippen LogP contribution in [-0.2, 0) is 24.6 Å². The first-order valence-electron chi connectivity index (χ1n) is 10.1. The Morgan fingerprint density at radius 1 is 1.39 bits per heavy atom. The molecule has 0 bridgehead atoms. The largest absolute Gasteiger partial charge is 0.463 e. The van der Waals surface area contributed by atoms with E-state index in [4.69, 9.17) is 19.9 Å². The van der Waals surface area contributed by atoms with E-state index in [1.54, 1.807) is 13.2 Å². The summed E-state index contributed by atoms with van der Waals surface area (Å²) >= 11 is 0. The molecular formula is C20H25N5O6. The number of methoxy groups -OCH3 is 1. The molecule has 4 rings (SSSR count). The number of fused-ring (bicyclic) bond motifs is 1. The number of aliphatic hydroxyl groups is 2. The van der Waals surface area contributed by atoms with Gasteiger partial charge >= 0.3 is 5.97 Å². The number of nitrogen functional groups attached to an aromatic ring is 1. The Kier molecular flexibility index (Phi) is 5.81. The minimum absolute atomic E-state index is 0.158. The van der Waals surface area contributed by atoms with Crippen LogP contribution in [0.5, 0.6) is 0 Å².